The first-order valence-corrected chi connectivity index (χ1v) is 6.92. The largest absolute Gasteiger partial charge is 0.481 e. The predicted molar refractivity (Wildman–Crippen MR) is 76.0 cm³/mol. The summed E-state index contributed by atoms with van der Waals surface area (Å²) in [5, 5.41) is 9.47. The molecule has 0 bridgehead atoms. The Morgan fingerprint density at radius 2 is 2.35 bits per heavy atom. The summed E-state index contributed by atoms with van der Waals surface area (Å²) in [6.45, 7) is 2.77. The Morgan fingerprint density at radius 1 is 1.55 bits per heavy atom. The number of aliphatic carboxylic acids is 1. The van der Waals surface area contributed by atoms with Gasteiger partial charge in [-0.2, -0.15) is 0 Å². The molecule has 2 aromatic rings. The first kappa shape index (κ1) is 13.2. The fourth-order valence-electron chi connectivity index (χ4n) is 2.58. The van der Waals surface area contributed by atoms with E-state index in [2.05, 4.69) is 24.0 Å². The van der Waals surface area contributed by atoms with Gasteiger partial charge in [-0.3, -0.25) is 4.79 Å². The van der Waals surface area contributed by atoms with Crippen molar-refractivity contribution in [3.8, 4) is 0 Å². The van der Waals surface area contributed by atoms with Crippen LogP contribution in [-0.2, 0) is 11.3 Å². The number of carboxylic acid groups (broad SMARTS) is 1. The lowest BCUT2D eigenvalue weighted by molar-refractivity contribution is -0.138. The molecule has 1 aliphatic rings. The minimum Gasteiger partial charge on any atom is -0.481 e. The van der Waals surface area contributed by atoms with Crippen LogP contribution < -0.4 is 0 Å². The average Bonchev–Trinajstić information content (AvgIpc) is 3.10. The Labute approximate surface area is 122 Å². The Hall–Kier alpha value is -1.81. The van der Waals surface area contributed by atoms with Crippen LogP contribution in [0.4, 0.5) is 0 Å². The van der Waals surface area contributed by atoms with E-state index in [1.807, 2.05) is 10.6 Å². The average molecular weight is 291 g/mol. The van der Waals surface area contributed by atoms with Gasteiger partial charge >= 0.3 is 5.97 Å². The number of carbonyl (C=O) groups is 1. The summed E-state index contributed by atoms with van der Waals surface area (Å²) in [6, 6.07) is 6.20. The molecule has 1 heterocycles. The van der Waals surface area contributed by atoms with Crippen molar-refractivity contribution in [2.75, 3.05) is 0 Å². The number of rotatable bonds is 4. The predicted octanol–water partition coefficient (Wildman–Crippen LogP) is 3.08. The molecule has 1 aromatic carbocycles. The number of hydrogen-bond donors (Lipinski definition) is 1. The molecule has 1 unspecified atom stereocenters. The van der Waals surface area contributed by atoms with E-state index in [1.54, 1.807) is 12.5 Å². The van der Waals surface area contributed by atoms with E-state index < -0.39 is 5.97 Å². The number of imidazole rings is 1. The lowest BCUT2D eigenvalue weighted by Crippen LogP contribution is -2.01. The molecule has 0 radical (unpaired) electrons. The summed E-state index contributed by atoms with van der Waals surface area (Å²) in [4.78, 5) is 14.9. The number of aryl methyl sites for hydroxylation is 1. The molecule has 0 saturated heterocycles. The molecule has 2 atom stereocenters. The second kappa shape index (κ2) is 4.94. The number of benzene rings is 1. The van der Waals surface area contributed by atoms with Crippen molar-refractivity contribution < 1.29 is 9.90 Å². The summed E-state index contributed by atoms with van der Waals surface area (Å²) in [5.74, 6) is -0.708. The minimum atomic E-state index is -0.690. The topological polar surface area (TPSA) is 55.1 Å². The lowest BCUT2D eigenvalue weighted by Gasteiger charge is -2.09. The van der Waals surface area contributed by atoms with E-state index in [0.29, 0.717) is 5.15 Å². The first-order valence-electron chi connectivity index (χ1n) is 6.54. The molecule has 0 aliphatic heterocycles. The maximum absolute atomic E-state index is 10.9. The number of halogens is 1. The van der Waals surface area contributed by atoms with Crippen molar-refractivity contribution in [1.82, 2.24) is 9.55 Å². The SMILES string of the molecule is Cc1cc(C2C[C@H]2C(=O)O)ccc1Cn1cnc(Cl)c1. The Kier molecular flexibility index (Phi) is 3.26. The molecule has 5 heteroatoms. The van der Waals surface area contributed by atoms with E-state index in [1.165, 1.54) is 11.1 Å². The fourth-order valence-corrected chi connectivity index (χ4v) is 2.75. The van der Waals surface area contributed by atoms with E-state index in [4.69, 9.17) is 16.7 Å². The summed E-state index contributed by atoms with van der Waals surface area (Å²) >= 11 is 5.80. The van der Waals surface area contributed by atoms with Crippen LogP contribution in [0.2, 0.25) is 5.15 Å². The summed E-state index contributed by atoms with van der Waals surface area (Å²) in [7, 11) is 0. The minimum absolute atomic E-state index is 0.183. The van der Waals surface area contributed by atoms with Crippen molar-refractivity contribution in [1.29, 1.82) is 0 Å². The van der Waals surface area contributed by atoms with Gasteiger partial charge in [0.15, 0.2) is 0 Å². The maximum Gasteiger partial charge on any atom is 0.307 e. The van der Waals surface area contributed by atoms with Crippen molar-refractivity contribution in [3.05, 3.63) is 52.6 Å². The van der Waals surface area contributed by atoms with Crippen LogP contribution in [0, 0.1) is 12.8 Å². The van der Waals surface area contributed by atoms with Gasteiger partial charge in [-0.15, -0.1) is 0 Å². The van der Waals surface area contributed by atoms with E-state index in [9.17, 15) is 4.79 Å². The highest BCUT2D eigenvalue weighted by Gasteiger charge is 2.44. The third-order valence-electron chi connectivity index (χ3n) is 3.86. The Morgan fingerprint density at radius 3 is 2.90 bits per heavy atom. The van der Waals surface area contributed by atoms with E-state index >= 15 is 0 Å². The molecular weight excluding hydrogens is 276 g/mol. The van der Waals surface area contributed by atoms with Gasteiger partial charge in [0, 0.05) is 12.7 Å². The van der Waals surface area contributed by atoms with Crippen molar-refractivity contribution in [2.24, 2.45) is 5.92 Å². The van der Waals surface area contributed by atoms with Gasteiger partial charge in [0.1, 0.15) is 5.15 Å². The molecular formula is C15H15ClN2O2. The van der Waals surface area contributed by atoms with Crippen molar-refractivity contribution >= 4 is 17.6 Å². The molecule has 1 N–H and O–H groups in total. The number of carboxylic acids is 1. The molecule has 104 valence electrons. The first-order chi connectivity index (χ1) is 9.54. The third-order valence-corrected chi connectivity index (χ3v) is 4.05. The monoisotopic (exact) mass is 290 g/mol. The van der Waals surface area contributed by atoms with Crippen LogP contribution in [0.3, 0.4) is 0 Å². The zero-order chi connectivity index (χ0) is 14.3. The second-order valence-electron chi connectivity index (χ2n) is 5.34. The van der Waals surface area contributed by atoms with Crippen LogP contribution in [0.15, 0.2) is 30.7 Å². The number of aromatic nitrogens is 2. The number of nitrogens with zero attached hydrogens (tertiary/aromatic N) is 2. The molecule has 1 aromatic heterocycles. The van der Waals surface area contributed by atoms with Crippen molar-refractivity contribution in [2.45, 2.75) is 25.8 Å². The smallest absolute Gasteiger partial charge is 0.307 e. The van der Waals surface area contributed by atoms with Gasteiger partial charge < -0.3 is 9.67 Å². The van der Waals surface area contributed by atoms with Crippen molar-refractivity contribution in [3.63, 3.8) is 0 Å². The van der Waals surface area contributed by atoms with Crippen LogP contribution >= 0.6 is 11.6 Å². The summed E-state index contributed by atoms with van der Waals surface area (Å²) in [5.41, 5.74) is 3.49. The fraction of sp³-hybridized carbons (Fsp3) is 0.333. The standard InChI is InChI=1S/C15H15ClN2O2/c1-9-4-10(12-5-13(12)15(19)20)2-3-11(9)6-18-7-14(16)17-8-18/h2-4,7-8,12-13H,5-6H2,1H3,(H,19,20)/t12?,13-/m1/s1. The molecule has 3 rings (SSSR count). The Bertz CT molecular complexity index is 666. The molecule has 1 aliphatic carbocycles. The van der Waals surface area contributed by atoms with Gasteiger partial charge in [0.05, 0.1) is 12.2 Å². The highest BCUT2D eigenvalue weighted by molar-refractivity contribution is 6.29. The highest BCUT2D eigenvalue weighted by Crippen LogP contribution is 2.47. The number of hydrogen-bond acceptors (Lipinski definition) is 2. The molecule has 4 nitrogen and oxygen atoms in total. The molecule has 20 heavy (non-hydrogen) atoms. The molecule has 0 spiro atoms. The normalized spacial score (nSPS) is 20.9. The van der Waals surface area contributed by atoms with Crippen LogP contribution in [0.25, 0.3) is 0 Å². The van der Waals surface area contributed by atoms with Gasteiger partial charge in [0.25, 0.3) is 0 Å². The summed E-state index contributed by atoms with van der Waals surface area (Å²) < 4.78 is 1.93. The van der Waals surface area contributed by atoms with Crippen LogP contribution in [0.5, 0.6) is 0 Å². The third kappa shape index (κ3) is 2.56. The van der Waals surface area contributed by atoms with E-state index in [0.717, 1.165) is 18.5 Å². The van der Waals surface area contributed by atoms with E-state index in [-0.39, 0.29) is 11.8 Å². The second-order valence-corrected chi connectivity index (χ2v) is 5.73. The van der Waals surface area contributed by atoms with Gasteiger partial charge in [-0.05, 0) is 36.0 Å². The Balaban J connectivity index is 1.76. The zero-order valence-corrected chi connectivity index (χ0v) is 11.8. The van der Waals surface area contributed by atoms with Gasteiger partial charge in [-0.25, -0.2) is 4.98 Å². The van der Waals surface area contributed by atoms with Crippen LogP contribution in [-0.4, -0.2) is 20.6 Å². The molecule has 0 amide bonds. The van der Waals surface area contributed by atoms with Gasteiger partial charge in [-0.1, -0.05) is 29.8 Å². The quantitative estimate of drug-likeness (QED) is 0.941. The summed E-state index contributed by atoms with van der Waals surface area (Å²) in [6.07, 6.45) is 4.25. The lowest BCUT2D eigenvalue weighted by atomic mass is 10.0. The zero-order valence-electron chi connectivity index (χ0n) is 11.1. The highest BCUT2D eigenvalue weighted by atomic mass is 35.5. The molecule has 1 saturated carbocycles. The van der Waals surface area contributed by atoms with Crippen LogP contribution in [0.1, 0.15) is 29.0 Å². The molecule has 1 fully saturated rings. The van der Waals surface area contributed by atoms with Gasteiger partial charge in [0.2, 0.25) is 0 Å². The maximum atomic E-state index is 10.9.